The minimum Gasteiger partial charge on any atom is -0.334 e. The molecule has 0 bridgehead atoms. The summed E-state index contributed by atoms with van der Waals surface area (Å²) in [6.45, 7) is 1.26. The molecule has 0 radical (unpaired) electrons. The zero-order valence-corrected chi connectivity index (χ0v) is 14.6. The first-order chi connectivity index (χ1) is 12.2. The molecule has 1 N–H and O–H groups in total. The predicted molar refractivity (Wildman–Crippen MR) is 87.1 cm³/mol. The van der Waals surface area contributed by atoms with E-state index in [1.165, 1.54) is 0 Å². The Kier molecular flexibility index (Phi) is 4.92. The molecule has 2 aromatic heterocycles. The predicted octanol–water partition coefficient (Wildman–Crippen LogP) is 2.04. The Morgan fingerprint density at radius 3 is 2.88 bits per heavy atom. The Morgan fingerprint density at radius 1 is 1.46 bits per heavy atom. The Bertz CT molecular complexity index is 781. The van der Waals surface area contributed by atoms with Crippen molar-refractivity contribution >= 4 is 6.03 Å². The van der Waals surface area contributed by atoms with Gasteiger partial charge in [0.25, 0.3) is 0 Å². The number of carbonyl (C=O) groups excluding carboxylic acids is 1. The SMILES string of the molecule is CN(C[C@H]1CCc2nc(C(F)(F)F)cn2C1)C(=O)NCc1ccnn1C. The van der Waals surface area contributed by atoms with Gasteiger partial charge in [-0.15, -0.1) is 0 Å². The van der Waals surface area contributed by atoms with Gasteiger partial charge < -0.3 is 14.8 Å². The minimum atomic E-state index is -4.43. The summed E-state index contributed by atoms with van der Waals surface area (Å²) in [5, 5.41) is 6.85. The first-order valence-electron chi connectivity index (χ1n) is 8.33. The van der Waals surface area contributed by atoms with Gasteiger partial charge in [0.1, 0.15) is 5.82 Å². The fourth-order valence-electron chi connectivity index (χ4n) is 3.15. The van der Waals surface area contributed by atoms with Gasteiger partial charge in [0.05, 0.1) is 12.2 Å². The van der Waals surface area contributed by atoms with Crippen LogP contribution in [0.3, 0.4) is 0 Å². The van der Waals surface area contributed by atoms with Crippen LogP contribution in [0.4, 0.5) is 18.0 Å². The van der Waals surface area contributed by atoms with E-state index in [1.54, 1.807) is 34.4 Å². The maximum atomic E-state index is 12.8. The molecule has 0 saturated heterocycles. The average Bonchev–Trinajstić information content (AvgIpc) is 3.17. The van der Waals surface area contributed by atoms with E-state index in [0.29, 0.717) is 38.3 Å². The fourth-order valence-corrected chi connectivity index (χ4v) is 3.15. The van der Waals surface area contributed by atoms with Crippen LogP contribution in [-0.2, 0) is 32.7 Å². The van der Waals surface area contributed by atoms with E-state index in [-0.39, 0.29) is 11.9 Å². The highest BCUT2D eigenvalue weighted by Gasteiger charge is 2.36. The number of aromatic nitrogens is 4. The Morgan fingerprint density at radius 2 is 2.23 bits per heavy atom. The number of urea groups is 1. The van der Waals surface area contributed by atoms with Gasteiger partial charge >= 0.3 is 12.2 Å². The summed E-state index contributed by atoms with van der Waals surface area (Å²) in [4.78, 5) is 17.5. The molecule has 7 nitrogen and oxygen atoms in total. The maximum Gasteiger partial charge on any atom is 0.434 e. The zero-order valence-electron chi connectivity index (χ0n) is 14.6. The number of nitrogens with zero attached hydrogens (tertiary/aromatic N) is 5. The minimum absolute atomic E-state index is 0.0882. The number of fused-ring (bicyclic) bond motifs is 1. The van der Waals surface area contributed by atoms with E-state index in [9.17, 15) is 18.0 Å². The second kappa shape index (κ2) is 7.00. The monoisotopic (exact) mass is 370 g/mol. The quantitative estimate of drug-likeness (QED) is 0.896. The molecule has 0 saturated carbocycles. The topological polar surface area (TPSA) is 68.0 Å². The van der Waals surface area contributed by atoms with E-state index in [4.69, 9.17) is 0 Å². The lowest BCUT2D eigenvalue weighted by molar-refractivity contribution is -0.141. The van der Waals surface area contributed by atoms with E-state index < -0.39 is 11.9 Å². The van der Waals surface area contributed by atoms with Crippen molar-refractivity contribution in [3.63, 3.8) is 0 Å². The number of rotatable bonds is 4. The second-order valence-electron chi connectivity index (χ2n) is 6.58. The maximum absolute atomic E-state index is 12.8. The molecule has 2 aromatic rings. The van der Waals surface area contributed by atoms with Gasteiger partial charge in [-0.25, -0.2) is 9.78 Å². The lowest BCUT2D eigenvalue weighted by atomic mass is 9.99. The van der Waals surface area contributed by atoms with Crippen LogP contribution in [-0.4, -0.2) is 43.9 Å². The molecule has 142 valence electrons. The number of hydrogen-bond acceptors (Lipinski definition) is 3. The van der Waals surface area contributed by atoms with E-state index in [2.05, 4.69) is 15.4 Å². The van der Waals surface area contributed by atoms with Crippen molar-refractivity contribution < 1.29 is 18.0 Å². The summed E-state index contributed by atoms with van der Waals surface area (Å²) < 4.78 is 41.6. The summed E-state index contributed by atoms with van der Waals surface area (Å²) in [7, 11) is 3.48. The molecule has 0 spiro atoms. The smallest absolute Gasteiger partial charge is 0.334 e. The summed E-state index contributed by atoms with van der Waals surface area (Å²) in [5.41, 5.74) is 0.0302. The van der Waals surface area contributed by atoms with Gasteiger partial charge in [0.15, 0.2) is 5.69 Å². The molecule has 1 aliphatic rings. The highest BCUT2D eigenvalue weighted by atomic mass is 19.4. The summed E-state index contributed by atoms with van der Waals surface area (Å²) in [5.74, 6) is 0.544. The van der Waals surface area contributed by atoms with Gasteiger partial charge in [-0.1, -0.05) is 0 Å². The summed E-state index contributed by atoms with van der Waals surface area (Å²) in [6, 6.07) is 1.60. The van der Waals surface area contributed by atoms with Crippen molar-refractivity contribution in [2.24, 2.45) is 13.0 Å². The standard InChI is InChI=1S/C16H21F3N6O/c1-23(15(26)20-7-12-5-6-21-24(12)2)8-11-3-4-14-22-13(16(17,18)19)10-25(14)9-11/h5-6,10-11H,3-4,7-9H2,1-2H3,(H,20,26)/t11-/m1/s1. The van der Waals surface area contributed by atoms with Crippen LogP contribution in [0.5, 0.6) is 0 Å². The molecule has 2 amide bonds. The van der Waals surface area contributed by atoms with Crippen molar-refractivity contribution in [1.29, 1.82) is 0 Å². The number of nitrogens with one attached hydrogen (secondary N) is 1. The third-order valence-corrected chi connectivity index (χ3v) is 4.60. The normalized spacial score (nSPS) is 17.0. The number of imidazole rings is 1. The van der Waals surface area contributed by atoms with E-state index >= 15 is 0 Å². The molecule has 0 fully saturated rings. The molecular formula is C16H21F3N6O. The number of hydrogen-bond donors (Lipinski definition) is 1. The number of carbonyl (C=O) groups is 1. The molecular weight excluding hydrogens is 349 g/mol. The first kappa shape index (κ1) is 18.3. The van der Waals surface area contributed by atoms with Crippen LogP contribution < -0.4 is 5.32 Å². The summed E-state index contributed by atoms with van der Waals surface area (Å²) in [6.07, 6.45) is -0.531. The van der Waals surface area contributed by atoms with Crippen LogP contribution in [0, 0.1) is 5.92 Å². The molecule has 0 aliphatic carbocycles. The number of alkyl halides is 3. The molecule has 1 aliphatic heterocycles. The van der Waals surface area contributed by atoms with Crippen molar-refractivity contribution in [1.82, 2.24) is 29.5 Å². The number of amides is 2. The van der Waals surface area contributed by atoms with Gasteiger partial charge in [-0.05, 0) is 18.4 Å². The molecule has 0 unspecified atom stereocenters. The Balaban J connectivity index is 1.53. The van der Waals surface area contributed by atoms with Gasteiger partial charge in [0.2, 0.25) is 0 Å². The van der Waals surface area contributed by atoms with Crippen LogP contribution in [0.2, 0.25) is 0 Å². The van der Waals surface area contributed by atoms with Gasteiger partial charge in [-0.2, -0.15) is 18.3 Å². The van der Waals surface area contributed by atoms with Crippen LogP contribution >= 0.6 is 0 Å². The largest absolute Gasteiger partial charge is 0.434 e. The third-order valence-electron chi connectivity index (χ3n) is 4.60. The van der Waals surface area contributed by atoms with E-state index in [0.717, 1.165) is 11.9 Å². The molecule has 10 heteroatoms. The molecule has 26 heavy (non-hydrogen) atoms. The van der Waals surface area contributed by atoms with Crippen molar-refractivity contribution in [3.8, 4) is 0 Å². The number of aryl methyl sites for hydroxylation is 2. The van der Waals surface area contributed by atoms with Crippen LogP contribution in [0.25, 0.3) is 0 Å². The van der Waals surface area contributed by atoms with Gasteiger partial charge in [-0.3, -0.25) is 4.68 Å². The summed E-state index contributed by atoms with van der Waals surface area (Å²) >= 11 is 0. The highest BCUT2D eigenvalue weighted by Crippen LogP contribution is 2.30. The third kappa shape index (κ3) is 4.00. The molecule has 3 rings (SSSR count). The highest BCUT2D eigenvalue weighted by molar-refractivity contribution is 5.73. The Labute approximate surface area is 148 Å². The zero-order chi connectivity index (χ0) is 18.9. The van der Waals surface area contributed by atoms with Crippen LogP contribution in [0.15, 0.2) is 18.5 Å². The lowest BCUT2D eigenvalue weighted by Gasteiger charge is -2.28. The molecule has 1 atom stereocenters. The first-order valence-corrected chi connectivity index (χ1v) is 8.33. The van der Waals surface area contributed by atoms with Crippen molar-refractivity contribution in [2.45, 2.75) is 32.1 Å². The fraction of sp³-hybridized carbons (Fsp3) is 0.562. The Hall–Kier alpha value is -2.52. The number of halogens is 3. The lowest BCUT2D eigenvalue weighted by Crippen LogP contribution is -2.41. The van der Waals surface area contributed by atoms with Crippen molar-refractivity contribution in [3.05, 3.63) is 35.7 Å². The van der Waals surface area contributed by atoms with E-state index in [1.807, 2.05) is 6.07 Å². The second-order valence-corrected chi connectivity index (χ2v) is 6.58. The van der Waals surface area contributed by atoms with Gasteiger partial charge in [0, 0.05) is 46.0 Å². The van der Waals surface area contributed by atoms with Crippen LogP contribution in [0.1, 0.15) is 23.6 Å². The average molecular weight is 370 g/mol. The van der Waals surface area contributed by atoms with Crippen molar-refractivity contribution in [2.75, 3.05) is 13.6 Å². The molecule has 3 heterocycles. The molecule has 0 aromatic carbocycles.